The van der Waals surface area contributed by atoms with Gasteiger partial charge in [0.25, 0.3) is 0 Å². The van der Waals surface area contributed by atoms with Gasteiger partial charge in [-0.1, -0.05) is 12.5 Å². The molecule has 2 aliphatic rings. The van der Waals surface area contributed by atoms with Crippen LogP contribution in [-0.2, 0) is 4.74 Å². The van der Waals surface area contributed by atoms with Crippen LogP contribution in [0.5, 0.6) is 0 Å². The van der Waals surface area contributed by atoms with Gasteiger partial charge in [0.2, 0.25) is 5.28 Å². The van der Waals surface area contributed by atoms with Crippen molar-refractivity contribution in [2.45, 2.75) is 43.8 Å². The summed E-state index contributed by atoms with van der Waals surface area (Å²) in [5.74, 6) is 0.508. The predicted octanol–water partition coefficient (Wildman–Crippen LogP) is 1.10. The van der Waals surface area contributed by atoms with Gasteiger partial charge >= 0.3 is 0 Å². The maximum atomic E-state index is 10.3. The molecule has 0 amide bonds. The molecule has 3 N–H and O–H groups in total. The molecule has 2 unspecified atom stereocenters. The molecule has 4 atom stereocenters. The number of rotatable bonds is 4. The minimum atomic E-state index is -1.14. The van der Waals surface area contributed by atoms with Gasteiger partial charge in [-0.25, -0.2) is 9.99 Å². The molecule has 10 heteroatoms. The fraction of sp³-hybridized carbons (Fsp3) is 0.562. The first-order chi connectivity index (χ1) is 12.6. The quantitative estimate of drug-likeness (QED) is 0.534. The standard InChI is InChI=1S/C16H21ClN6O3/c1-2-9-11(24)12(25)15(26-9)23-8-18-10-13(19-16(17)20-14(10)23)21-22-6-4-3-5-7-22/h2,8-9,11-12,15,24-25H,1,3-7H2,(H,19,20,21)/t9-,11?,12?,15-/m1/s1. The number of halogens is 1. The number of nitrogens with zero attached hydrogens (tertiary/aromatic N) is 5. The van der Waals surface area contributed by atoms with Gasteiger partial charge in [-0.3, -0.25) is 4.57 Å². The molecule has 9 nitrogen and oxygen atoms in total. The third-order valence-electron chi connectivity index (χ3n) is 4.80. The van der Waals surface area contributed by atoms with Crippen molar-refractivity contribution in [1.29, 1.82) is 0 Å². The van der Waals surface area contributed by atoms with Gasteiger partial charge < -0.3 is 20.4 Å². The van der Waals surface area contributed by atoms with E-state index in [-0.39, 0.29) is 5.28 Å². The van der Waals surface area contributed by atoms with E-state index in [1.807, 2.05) is 0 Å². The smallest absolute Gasteiger partial charge is 0.226 e. The van der Waals surface area contributed by atoms with Crippen molar-refractivity contribution >= 4 is 28.6 Å². The Morgan fingerprint density at radius 3 is 2.69 bits per heavy atom. The molecule has 2 fully saturated rings. The highest BCUT2D eigenvalue weighted by atomic mass is 35.5. The van der Waals surface area contributed by atoms with E-state index in [2.05, 4.69) is 32.0 Å². The van der Waals surface area contributed by atoms with Crippen LogP contribution in [0.2, 0.25) is 5.28 Å². The lowest BCUT2D eigenvalue weighted by atomic mass is 10.1. The summed E-state index contributed by atoms with van der Waals surface area (Å²) in [7, 11) is 0. The van der Waals surface area contributed by atoms with Crippen LogP contribution < -0.4 is 5.43 Å². The van der Waals surface area contributed by atoms with E-state index in [4.69, 9.17) is 16.3 Å². The van der Waals surface area contributed by atoms with Crippen molar-refractivity contribution in [2.24, 2.45) is 0 Å². The molecule has 0 radical (unpaired) electrons. The summed E-state index contributed by atoms with van der Waals surface area (Å²) in [4.78, 5) is 12.9. The molecule has 4 rings (SSSR count). The van der Waals surface area contributed by atoms with Crippen molar-refractivity contribution in [3.8, 4) is 0 Å². The molecule has 2 saturated heterocycles. The van der Waals surface area contributed by atoms with Crippen LogP contribution in [0.15, 0.2) is 19.0 Å². The van der Waals surface area contributed by atoms with Crippen LogP contribution in [0, 0.1) is 0 Å². The Morgan fingerprint density at radius 2 is 2.00 bits per heavy atom. The highest BCUT2D eigenvalue weighted by Crippen LogP contribution is 2.33. The summed E-state index contributed by atoms with van der Waals surface area (Å²) in [6.07, 6.45) is 2.69. The molecular weight excluding hydrogens is 360 g/mol. The number of imidazole rings is 1. The van der Waals surface area contributed by atoms with Crippen molar-refractivity contribution in [3.05, 3.63) is 24.3 Å². The Hall–Kier alpha value is -1.78. The maximum absolute atomic E-state index is 10.3. The fourth-order valence-electron chi connectivity index (χ4n) is 3.42. The second kappa shape index (κ2) is 7.09. The zero-order valence-electron chi connectivity index (χ0n) is 14.1. The summed E-state index contributed by atoms with van der Waals surface area (Å²) < 4.78 is 7.25. The van der Waals surface area contributed by atoms with Crippen LogP contribution in [0.3, 0.4) is 0 Å². The maximum Gasteiger partial charge on any atom is 0.226 e. The molecule has 0 saturated carbocycles. The minimum absolute atomic E-state index is 0.0621. The SMILES string of the molecule is C=C[C@H]1O[C@@H](n2cnc3c(NN4CCCCC4)nc(Cl)nc32)C(O)C1O. The number of hydrogen-bond donors (Lipinski definition) is 3. The van der Waals surface area contributed by atoms with Gasteiger partial charge in [0, 0.05) is 13.1 Å². The zero-order chi connectivity index (χ0) is 18.3. The average Bonchev–Trinajstić information content (AvgIpc) is 3.17. The van der Waals surface area contributed by atoms with Crippen molar-refractivity contribution < 1.29 is 14.9 Å². The molecule has 2 aromatic rings. The molecule has 2 aliphatic heterocycles. The van der Waals surface area contributed by atoms with Crippen LogP contribution in [0.4, 0.5) is 5.82 Å². The molecule has 2 aromatic heterocycles. The lowest BCUT2D eigenvalue weighted by Gasteiger charge is -2.27. The van der Waals surface area contributed by atoms with Gasteiger partial charge in [0.15, 0.2) is 23.2 Å². The second-order valence-corrected chi connectivity index (χ2v) is 6.87. The Morgan fingerprint density at radius 1 is 1.23 bits per heavy atom. The lowest BCUT2D eigenvalue weighted by Crippen LogP contribution is -2.35. The number of hydrazine groups is 1. The average molecular weight is 381 g/mol. The molecule has 0 aromatic carbocycles. The highest BCUT2D eigenvalue weighted by Gasteiger charge is 2.43. The predicted molar refractivity (Wildman–Crippen MR) is 95.5 cm³/mol. The first kappa shape index (κ1) is 17.6. The molecule has 0 aliphatic carbocycles. The van der Waals surface area contributed by atoms with E-state index in [0.717, 1.165) is 25.9 Å². The third kappa shape index (κ3) is 3.06. The number of anilines is 1. The van der Waals surface area contributed by atoms with Crippen molar-refractivity contribution in [2.75, 3.05) is 18.5 Å². The molecular formula is C16H21ClN6O3. The topological polar surface area (TPSA) is 109 Å². The van der Waals surface area contributed by atoms with Gasteiger partial charge in [-0.05, 0) is 24.4 Å². The Labute approximate surface area is 155 Å². The lowest BCUT2D eigenvalue weighted by molar-refractivity contribution is -0.0244. The van der Waals surface area contributed by atoms with E-state index in [1.54, 1.807) is 4.57 Å². The molecule has 0 spiro atoms. The number of aliphatic hydroxyl groups excluding tert-OH is 2. The summed E-state index contributed by atoms with van der Waals surface area (Å²) in [6, 6.07) is 0. The van der Waals surface area contributed by atoms with Crippen LogP contribution >= 0.6 is 11.6 Å². The number of ether oxygens (including phenoxy) is 1. The van der Waals surface area contributed by atoms with E-state index in [0.29, 0.717) is 17.0 Å². The molecule has 26 heavy (non-hydrogen) atoms. The Bertz CT molecular complexity index is 809. The summed E-state index contributed by atoms with van der Waals surface area (Å²) in [6.45, 7) is 5.45. The van der Waals surface area contributed by atoms with E-state index in [9.17, 15) is 10.2 Å². The molecule has 140 valence electrons. The summed E-state index contributed by atoms with van der Waals surface area (Å²) in [5, 5.41) is 22.5. The number of piperidine rings is 1. The Balaban J connectivity index is 1.68. The first-order valence-corrected chi connectivity index (χ1v) is 9.02. The first-order valence-electron chi connectivity index (χ1n) is 8.64. The largest absolute Gasteiger partial charge is 0.387 e. The van der Waals surface area contributed by atoms with E-state index >= 15 is 0 Å². The van der Waals surface area contributed by atoms with Crippen molar-refractivity contribution in [3.63, 3.8) is 0 Å². The zero-order valence-corrected chi connectivity index (χ0v) is 14.9. The summed E-state index contributed by atoms with van der Waals surface area (Å²) >= 11 is 6.11. The van der Waals surface area contributed by atoms with Gasteiger partial charge in [-0.15, -0.1) is 6.58 Å². The van der Waals surface area contributed by atoms with E-state index in [1.165, 1.54) is 18.8 Å². The fourth-order valence-corrected chi connectivity index (χ4v) is 3.58. The number of nitrogens with one attached hydrogen (secondary N) is 1. The monoisotopic (exact) mass is 380 g/mol. The van der Waals surface area contributed by atoms with Crippen LogP contribution in [-0.4, -0.2) is 66.1 Å². The third-order valence-corrected chi connectivity index (χ3v) is 4.96. The van der Waals surface area contributed by atoms with Gasteiger partial charge in [-0.2, -0.15) is 9.97 Å². The molecule has 4 heterocycles. The highest BCUT2D eigenvalue weighted by molar-refractivity contribution is 6.28. The number of fused-ring (bicyclic) bond motifs is 1. The van der Waals surface area contributed by atoms with Crippen LogP contribution in [0.1, 0.15) is 25.5 Å². The summed E-state index contributed by atoms with van der Waals surface area (Å²) in [5.41, 5.74) is 4.20. The van der Waals surface area contributed by atoms with Gasteiger partial charge in [0.05, 0.1) is 6.33 Å². The number of aliphatic hydroxyl groups is 2. The van der Waals surface area contributed by atoms with Crippen molar-refractivity contribution in [1.82, 2.24) is 24.5 Å². The number of aromatic nitrogens is 4. The minimum Gasteiger partial charge on any atom is -0.387 e. The van der Waals surface area contributed by atoms with E-state index < -0.39 is 24.5 Å². The second-order valence-electron chi connectivity index (χ2n) is 6.53. The normalized spacial score (nSPS) is 30.0. The number of hydrogen-bond acceptors (Lipinski definition) is 8. The van der Waals surface area contributed by atoms with Crippen LogP contribution in [0.25, 0.3) is 11.2 Å². The van der Waals surface area contributed by atoms with Gasteiger partial charge in [0.1, 0.15) is 18.3 Å². The Kier molecular flexibility index (Phi) is 4.80. The molecule has 0 bridgehead atoms.